The van der Waals surface area contributed by atoms with Crippen molar-refractivity contribution < 1.29 is 0 Å². The molecule has 0 aromatic heterocycles. The van der Waals surface area contributed by atoms with E-state index in [1.807, 2.05) is 0 Å². The molecular formula is C15H21N. The lowest BCUT2D eigenvalue weighted by atomic mass is 9.97. The maximum absolute atomic E-state index is 3.40. The van der Waals surface area contributed by atoms with Crippen molar-refractivity contribution in [1.82, 2.24) is 5.32 Å². The number of rotatable bonds is 3. The predicted octanol–water partition coefficient (Wildman–Crippen LogP) is 3.09. The van der Waals surface area contributed by atoms with Gasteiger partial charge < -0.3 is 5.32 Å². The molecule has 0 radical (unpaired) electrons. The van der Waals surface area contributed by atoms with Gasteiger partial charge in [-0.15, -0.1) is 0 Å². The van der Waals surface area contributed by atoms with Crippen molar-refractivity contribution in [3.8, 4) is 0 Å². The van der Waals surface area contributed by atoms with E-state index in [-0.39, 0.29) is 0 Å². The van der Waals surface area contributed by atoms with Gasteiger partial charge in [0.05, 0.1) is 0 Å². The molecule has 1 heteroatoms. The van der Waals surface area contributed by atoms with E-state index >= 15 is 0 Å². The molecular weight excluding hydrogens is 194 g/mol. The second-order valence-corrected chi connectivity index (χ2v) is 4.71. The second-order valence-electron chi connectivity index (χ2n) is 4.71. The van der Waals surface area contributed by atoms with Gasteiger partial charge in [0, 0.05) is 0 Å². The average Bonchev–Trinajstić information content (AvgIpc) is 2.33. The Hall–Kier alpha value is -1.08. The molecule has 0 aliphatic carbocycles. The number of allylic oxidation sites excluding steroid dienone is 2. The van der Waals surface area contributed by atoms with Crippen molar-refractivity contribution in [3.05, 3.63) is 47.5 Å². The molecule has 86 valence electrons. The average molecular weight is 215 g/mol. The van der Waals surface area contributed by atoms with E-state index in [1.54, 1.807) is 0 Å². The molecule has 0 bridgehead atoms. The highest BCUT2D eigenvalue weighted by Crippen LogP contribution is 2.13. The van der Waals surface area contributed by atoms with Crippen LogP contribution in [0.1, 0.15) is 24.0 Å². The number of aryl methyl sites for hydroxylation is 1. The van der Waals surface area contributed by atoms with Crippen molar-refractivity contribution in [3.63, 3.8) is 0 Å². The first-order chi connectivity index (χ1) is 7.84. The Labute approximate surface area is 98.6 Å². The van der Waals surface area contributed by atoms with Crippen LogP contribution >= 0.6 is 0 Å². The first-order valence-corrected chi connectivity index (χ1v) is 6.27. The molecule has 1 N–H and O–H groups in total. The van der Waals surface area contributed by atoms with Crippen molar-refractivity contribution >= 4 is 0 Å². The van der Waals surface area contributed by atoms with Crippen LogP contribution in [-0.2, 0) is 6.42 Å². The van der Waals surface area contributed by atoms with Crippen LogP contribution in [0, 0.1) is 12.8 Å². The SMILES string of the molecule is Cc1ccc(CC=CC2CCNCC2)cc1. The minimum atomic E-state index is 0.798. The van der Waals surface area contributed by atoms with E-state index < -0.39 is 0 Å². The minimum Gasteiger partial charge on any atom is -0.317 e. The Bertz CT molecular complexity index is 331. The summed E-state index contributed by atoms with van der Waals surface area (Å²) >= 11 is 0. The van der Waals surface area contributed by atoms with Gasteiger partial charge in [0.1, 0.15) is 0 Å². The van der Waals surface area contributed by atoms with E-state index in [0.717, 1.165) is 12.3 Å². The molecule has 1 aliphatic rings. The zero-order valence-corrected chi connectivity index (χ0v) is 10.1. The van der Waals surface area contributed by atoms with Crippen LogP contribution in [-0.4, -0.2) is 13.1 Å². The highest BCUT2D eigenvalue weighted by atomic mass is 14.9. The maximum Gasteiger partial charge on any atom is -0.00433 e. The Kier molecular flexibility index (Phi) is 4.17. The summed E-state index contributed by atoms with van der Waals surface area (Å²) in [5.74, 6) is 0.798. The van der Waals surface area contributed by atoms with Gasteiger partial charge in [-0.1, -0.05) is 42.0 Å². The van der Waals surface area contributed by atoms with Crippen LogP contribution in [0.2, 0.25) is 0 Å². The summed E-state index contributed by atoms with van der Waals surface area (Å²) in [7, 11) is 0. The van der Waals surface area contributed by atoms with Crippen molar-refractivity contribution in [1.29, 1.82) is 0 Å². The fourth-order valence-electron chi connectivity index (χ4n) is 2.16. The highest BCUT2D eigenvalue weighted by molar-refractivity contribution is 5.23. The van der Waals surface area contributed by atoms with Crippen molar-refractivity contribution in [2.45, 2.75) is 26.2 Å². The maximum atomic E-state index is 3.40. The standard InChI is InChI=1S/C15H21N/c1-13-5-7-14(8-6-13)3-2-4-15-9-11-16-12-10-15/h2,4-8,15-16H,3,9-12H2,1H3. The summed E-state index contributed by atoms with van der Waals surface area (Å²) in [6.45, 7) is 4.49. The van der Waals surface area contributed by atoms with Gasteiger partial charge in [-0.2, -0.15) is 0 Å². The highest BCUT2D eigenvalue weighted by Gasteiger charge is 2.08. The molecule has 0 amide bonds. The second kappa shape index (κ2) is 5.86. The number of piperidine rings is 1. The quantitative estimate of drug-likeness (QED) is 0.764. The van der Waals surface area contributed by atoms with Crippen LogP contribution in [0.4, 0.5) is 0 Å². The smallest absolute Gasteiger partial charge is 0.00433 e. The van der Waals surface area contributed by atoms with Gasteiger partial charge in [0.2, 0.25) is 0 Å². The topological polar surface area (TPSA) is 12.0 Å². The lowest BCUT2D eigenvalue weighted by molar-refractivity contribution is 0.436. The monoisotopic (exact) mass is 215 g/mol. The van der Waals surface area contributed by atoms with Gasteiger partial charge in [-0.3, -0.25) is 0 Å². The molecule has 1 aromatic rings. The van der Waals surface area contributed by atoms with Crippen LogP contribution in [0.5, 0.6) is 0 Å². The minimum absolute atomic E-state index is 0.798. The zero-order valence-electron chi connectivity index (χ0n) is 10.1. The Morgan fingerprint density at radius 1 is 1.19 bits per heavy atom. The van der Waals surface area contributed by atoms with Crippen LogP contribution in [0.15, 0.2) is 36.4 Å². The lowest BCUT2D eigenvalue weighted by Gasteiger charge is -2.19. The van der Waals surface area contributed by atoms with Gasteiger partial charge >= 0.3 is 0 Å². The molecule has 2 rings (SSSR count). The fourth-order valence-corrected chi connectivity index (χ4v) is 2.16. The summed E-state index contributed by atoms with van der Waals surface area (Å²) < 4.78 is 0. The molecule has 1 aliphatic heterocycles. The Morgan fingerprint density at radius 2 is 1.88 bits per heavy atom. The van der Waals surface area contributed by atoms with Gasteiger partial charge in [0.25, 0.3) is 0 Å². The van der Waals surface area contributed by atoms with Crippen molar-refractivity contribution in [2.24, 2.45) is 5.92 Å². The summed E-state index contributed by atoms with van der Waals surface area (Å²) in [5, 5.41) is 3.40. The molecule has 0 atom stereocenters. The van der Waals surface area contributed by atoms with Gasteiger partial charge in [-0.25, -0.2) is 0 Å². The van der Waals surface area contributed by atoms with E-state index in [1.165, 1.54) is 37.1 Å². The first-order valence-electron chi connectivity index (χ1n) is 6.27. The third-order valence-corrected chi connectivity index (χ3v) is 3.27. The van der Waals surface area contributed by atoms with Gasteiger partial charge in [-0.05, 0) is 50.8 Å². The fraction of sp³-hybridized carbons (Fsp3) is 0.467. The molecule has 0 saturated carbocycles. The Balaban J connectivity index is 1.81. The van der Waals surface area contributed by atoms with E-state index in [2.05, 4.69) is 48.7 Å². The van der Waals surface area contributed by atoms with E-state index in [4.69, 9.17) is 0 Å². The largest absolute Gasteiger partial charge is 0.317 e. The molecule has 16 heavy (non-hydrogen) atoms. The third kappa shape index (κ3) is 3.49. The molecule has 1 nitrogen and oxygen atoms in total. The number of nitrogens with one attached hydrogen (secondary N) is 1. The van der Waals surface area contributed by atoms with Crippen molar-refractivity contribution in [2.75, 3.05) is 13.1 Å². The van der Waals surface area contributed by atoms with Crippen LogP contribution in [0.3, 0.4) is 0 Å². The summed E-state index contributed by atoms with van der Waals surface area (Å²) in [5.41, 5.74) is 2.75. The molecule has 1 saturated heterocycles. The number of hydrogen-bond acceptors (Lipinski definition) is 1. The molecule has 1 fully saturated rings. The number of hydrogen-bond donors (Lipinski definition) is 1. The third-order valence-electron chi connectivity index (χ3n) is 3.27. The zero-order chi connectivity index (χ0) is 11.2. The number of benzene rings is 1. The molecule has 0 spiro atoms. The summed E-state index contributed by atoms with van der Waals surface area (Å²) in [6.07, 6.45) is 8.40. The van der Waals surface area contributed by atoms with Crippen LogP contribution in [0.25, 0.3) is 0 Å². The Morgan fingerprint density at radius 3 is 2.56 bits per heavy atom. The normalized spacial score (nSPS) is 18.1. The summed E-state index contributed by atoms with van der Waals surface area (Å²) in [4.78, 5) is 0. The lowest BCUT2D eigenvalue weighted by Crippen LogP contribution is -2.26. The molecule has 1 aromatic carbocycles. The van der Waals surface area contributed by atoms with E-state index in [0.29, 0.717) is 0 Å². The predicted molar refractivity (Wildman–Crippen MR) is 69.6 cm³/mol. The summed E-state index contributed by atoms with van der Waals surface area (Å²) in [6, 6.07) is 8.83. The van der Waals surface area contributed by atoms with E-state index in [9.17, 15) is 0 Å². The molecule has 0 unspecified atom stereocenters. The van der Waals surface area contributed by atoms with Gasteiger partial charge in [0.15, 0.2) is 0 Å². The molecule has 1 heterocycles. The first kappa shape index (κ1) is 11.4. The van der Waals surface area contributed by atoms with Crippen LogP contribution < -0.4 is 5.32 Å².